The molecule has 0 saturated heterocycles. The number of nitrogens with one attached hydrogen (secondary N) is 3. The van der Waals surface area contributed by atoms with Gasteiger partial charge in [-0.05, 0) is 13.0 Å². The number of hydrogen-bond donors (Lipinski definition) is 3. The molecule has 5 heteroatoms. The first-order valence-electron chi connectivity index (χ1n) is 4.48. The van der Waals surface area contributed by atoms with Gasteiger partial charge in [0.15, 0.2) is 0 Å². The lowest BCUT2D eigenvalue weighted by Crippen LogP contribution is -2.30. The molecule has 0 fully saturated rings. The summed E-state index contributed by atoms with van der Waals surface area (Å²) < 4.78 is 0. The third-order valence-corrected chi connectivity index (χ3v) is 1.51. The topological polar surface area (TPSA) is 82.1 Å². The van der Waals surface area contributed by atoms with Crippen LogP contribution < -0.4 is 10.6 Å². The van der Waals surface area contributed by atoms with Crippen molar-refractivity contribution in [2.45, 2.75) is 13.3 Å². The van der Waals surface area contributed by atoms with Gasteiger partial charge < -0.3 is 16.0 Å². The Hall–Kier alpha value is -1.91. The molecule has 0 heterocycles. The summed E-state index contributed by atoms with van der Waals surface area (Å²) in [5.74, 6) is -0.795. The molecule has 0 unspecified atom stereocenters. The van der Waals surface area contributed by atoms with Crippen LogP contribution in [0, 0.1) is 5.41 Å². The van der Waals surface area contributed by atoms with E-state index in [4.69, 9.17) is 5.41 Å². The second-order valence-electron chi connectivity index (χ2n) is 2.69. The molecular formula is C10H15N3O2. The molecule has 3 N–H and O–H groups in total. The fraction of sp³-hybridized carbons (Fsp3) is 0.300. The van der Waals surface area contributed by atoms with Crippen molar-refractivity contribution in [1.29, 1.82) is 5.41 Å². The van der Waals surface area contributed by atoms with Crippen LogP contribution in [0.15, 0.2) is 23.9 Å². The minimum atomic E-state index is -0.436. The molecule has 2 amide bonds. The SMILES string of the molecule is C/C=C\C=C(/C=N)NC(=O)CC(=O)NC. The Bertz CT molecular complexity index is 306. The van der Waals surface area contributed by atoms with Crippen molar-refractivity contribution in [3.63, 3.8) is 0 Å². The summed E-state index contributed by atoms with van der Waals surface area (Å²) in [6, 6.07) is 0. The fourth-order valence-corrected chi connectivity index (χ4v) is 0.765. The summed E-state index contributed by atoms with van der Waals surface area (Å²) in [6.45, 7) is 1.82. The van der Waals surface area contributed by atoms with Gasteiger partial charge in [-0.25, -0.2) is 0 Å². The van der Waals surface area contributed by atoms with E-state index in [9.17, 15) is 9.59 Å². The Morgan fingerprint density at radius 2 is 2.00 bits per heavy atom. The van der Waals surface area contributed by atoms with Crippen molar-refractivity contribution in [3.8, 4) is 0 Å². The van der Waals surface area contributed by atoms with E-state index in [2.05, 4.69) is 10.6 Å². The largest absolute Gasteiger partial charge is 0.359 e. The fourth-order valence-electron chi connectivity index (χ4n) is 0.765. The molecule has 0 rings (SSSR count). The number of hydrogen-bond acceptors (Lipinski definition) is 3. The summed E-state index contributed by atoms with van der Waals surface area (Å²) in [6.07, 6.45) is 5.82. The standard InChI is InChI=1S/C10H15N3O2/c1-3-4-5-8(7-11)13-10(15)6-9(14)12-2/h3-5,7,11H,6H2,1-2H3,(H,12,14)(H,13,15)/b4-3-,8-5+,11-7?. The van der Waals surface area contributed by atoms with E-state index in [-0.39, 0.29) is 12.3 Å². The first kappa shape index (κ1) is 13.1. The molecular weight excluding hydrogens is 194 g/mol. The lowest BCUT2D eigenvalue weighted by atomic mass is 10.3. The molecule has 0 aliphatic rings. The molecule has 0 aromatic rings. The maximum Gasteiger partial charge on any atom is 0.233 e. The molecule has 0 aromatic heterocycles. The molecule has 0 atom stereocenters. The number of allylic oxidation sites excluding steroid dienone is 4. The van der Waals surface area contributed by atoms with Gasteiger partial charge in [-0.15, -0.1) is 0 Å². The van der Waals surface area contributed by atoms with Gasteiger partial charge in [-0.1, -0.05) is 12.2 Å². The van der Waals surface area contributed by atoms with E-state index in [1.807, 2.05) is 6.92 Å². The summed E-state index contributed by atoms with van der Waals surface area (Å²) >= 11 is 0. The number of amides is 2. The molecule has 82 valence electrons. The van der Waals surface area contributed by atoms with Crippen molar-refractivity contribution in [3.05, 3.63) is 23.9 Å². The zero-order valence-electron chi connectivity index (χ0n) is 8.83. The van der Waals surface area contributed by atoms with Gasteiger partial charge in [0, 0.05) is 13.3 Å². The summed E-state index contributed by atoms with van der Waals surface area (Å²) in [5.41, 5.74) is 0.349. The molecule has 0 aliphatic heterocycles. The van der Waals surface area contributed by atoms with Crippen LogP contribution in [0.4, 0.5) is 0 Å². The Balaban J connectivity index is 4.25. The van der Waals surface area contributed by atoms with E-state index in [0.717, 1.165) is 6.21 Å². The Morgan fingerprint density at radius 1 is 1.33 bits per heavy atom. The quantitative estimate of drug-likeness (QED) is 0.347. The Labute approximate surface area is 88.8 Å². The number of carbonyl (C=O) groups is 2. The normalized spacial score (nSPS) is 11.2. The van der Waals surface area contributed by atoms with Crippen LogP contribution in [0.1, 0.15) is 13.3 Å². The Morgan fingerprint density at radius 3 is 2.47 bits per heavy atom. The lowest BCUT2D eigenvalue weighted by Gasteiger charge is -2.03. The highest BCUT2D eigenvalue weighted by Gasteiger charge is 2.07. The average Bonchev–Trinajstić information content (AvgIpc) is 2.23. The zero-order valence-corrected chi connectivity index (χ0v) is 8.83. The highest BCUT2D eigenvalue weighted by atomic mass is 16.2. The predicted octanol–water partition coefficient (Wildman–Crippen LogP) is 0.348. The van der Waals surface area contributed by atoms with Crippen LogP contribution in [0.3, 0.4) is 0 Å². The second-order valence-corrected chi connectivity index (χ2v) is 2.69. The van der Waals surface area contributed by atoms with E-state index in [0.29, 0.717) is 5.70 Å². The van der Waals surface area contributed by atoms with E-state index in [1.165, 1.54) is 7.05 Å². The second kappa shape index (κ2) is 7.49. The summed E-state index contributed by atoms with van der Waals surface area (Å²) in [7, 11) is 1.46. The molecule has 0 saturated carbocycles. The van der Waals surface area contributed by atoms with Gasteiger partial charge in [0.1, 0.15) is 6.42 Å². The van der Waals surface area contributed by atoms with Crippen LogP contribution in [0.5, 0.6) is 0 Å². The smallest absolute Gasteiger partial charge is 0.233 e. The lowest BCUT2D eigenvalue weighted by molar-refractivity contribution is -0.128. The maximum absolute atomic E-state index is 11.2. The highest BCUT2D eigenvalue weighted by molar-refractivity contribution is 5.99. The third-order valence-electron chi connectivity index (χ3n) is 1.51. The van der Waals surface area contributed by atoms with E-state index < -0.39 is 5.91 Å². The van der Waals surface area contributed by atoms with E-state index >= 15 is 0 Å². The number of rotatable bonds is 5. The van der Waals surface area contributed by atoms with Crippen LogP contribution >= 0.6 is 0 Å². The van der Waals surface area contributed by atoms with Gasteiger partial charge >= 0.3 is 0 Å². The van der Waals surface area contributed by atoms with Gasteiger partial charge in [0.05, 0.1) is 5.70 Å². The average molecular weight is 209 g/mol. The first-order valence-corrected chi connectivity index (χ1v) is 4.48. The van der Waals surface area contributed by atoms with Gasteiger partial charge in [-0.2, -0.15) is 0 Å². The molecule has 15 heavy (non-hydrogen) atoms. The van der Waals surface area contributed by atoms with Gasteiger partial charge in [0.2, 0.25) is 11.8 Å². The summed E-state index contributed by atoms with van der Waals surface area (Å²) in [5, 5.41) is 11.8. The molecule has 0 aromatic carbocycles. The zero-order chi connectivity index (χ0) is 11.7. The maximum atomic E-state index is 11.2. The van der Waals surface area contributed by atoms with Crippen molar-refractivity contribution in [2.75, 3.05) is 7.05 Å². The minimum absolute atomic E-state index is 0.239. The molecule has 0 aliphatic carbocycles. The van der Waals surface area contributed by atoms with E-state index in [1.54, 1.807) is 18.2 Å². The van der Waals surface area contributed by atoms with Crippen LogP contribution in [0.25, 0.3) is 0 Å². The number of carbonyl (C=O) groups excluding carboxylic acids is 2. The molecule has 0 spiro atoms. The van der Waals surface area contributed by atoms with Crippen molar-refractivity contribution < 1.29 is 9.59 Å². The van der Waals surface area contributed by atoms with Crippen molar-refractivity contribution in [2.24, 2.45) is 0 Å². The first-order chi connectivity index (χ1) is 7.13. The van der Waals surface area contributed by atoms with Crippen LogP contribution in [-0.2, 0) is 9.59 Å². The predicted molar refractivity (Wildman–Crippen MR) is 58.5 cm³/mol. The summed E-state index contributed by atoms with van der Waals surface area (Å²) in [4.78, 5) is 22.0. The van der Waals surface area contributed by atoms with Crippen molar-refractivity contribution >= 4 is 18.0 Å². The van der Waals surface area contributed by atoms with Crippen LogP contribution in [-0.4, -0.2) is 25.1 Å². The monoisotopic (exact) mass is 209 g/mol. The van der Waals surface area contributed by atoms with Gasteiger partial charge in [-0.3, -0.25) is 9.59 Å². The molecule has 0 bridgehead atoms. The molecule has 5 nitrogen and oxygen atoms in total. The van der Waals surface area contributed by atoms with Gasteiger partial charge in [0.25, 0.3) is 0 Å². The third kappa shape index (κ3) is 6.20. The Kier molecular flexibility index (Phi) is 6.54. The molecule has 0 radical (unpaired) electrons. The minimum Gasteiger partial charge on any atom is -0.359 e. The highest BCUT2D eigenvalue weighted by Crippen LogP contribution is 1.88. The van der Waals surface area contributed by atoms with Crippen LogP contribution in [0.2, 0.25) is 0 Å². The van der Waals surface area contributed by atoms with Crippen molar-refractivity contribution in [1.82, 2.24) is 10.6 Å².